The lowest BCUT2D eigenvalue weighted by atomic mass is 10.1. The Morgan fingerprint density at radius 3 is 2.42 bits per heavy atom. The molecule has 1 atom stereocenters. The van der Waals surface area contributed by atoms with Crippen LogP contribution >= 0.6 is 0 Å². The Hall–Kier alpha value is -3.54. The molecule has 0 saturated heterocycles. The molecule has 190 valence electrons. The third kappa shape index (κ3) is 6.17. The van der Waals surface area contributed by atoms with E-state index < -0.39 is 5.60 Å². The molecular weight excluding hydrogens is 452 g/mol. The smallest absolute Gasteiger partial charge is 0.338 e. The number of ether oxygens (including phenoxy) is 3. The molecule has 6 heteroatoms. The van der Waals surface area contributed by atoms with Gasteiger partial charge in [-0.2, -0.15) is 0 Å². The van der Waals surface area contributed by atoms with Gasteiger partial charge in [0.25, 0.3) is 0 Å². The van der Waals surface area contributed by atoms with E-state index >= 15 is 0 Å². The number of benzene rings is 2. The maximum atomic E-state index is 12.9. The second kappa shape index (κ2) is 11.0. The SMILES string of the molecule is COc1ccc(N(c2cccc(C(=O)OC(C)(C)C)c2)C(C)c2cccnc2)cc1OC1CCCC1. The number of carbonyl (C=O) groups excluding carboxylic acids is 1. The first-order valence-corrected chi connectivity index (χ1v) is 12.6. The van der Waals surface area contributed by atoms with E-state index in [1.54, 1.807) is 19.4 Å². The molecule has 1 aromatic heterocycles. The Labute approximate surface area is 214 Å². The summed E-state index contributed by atoms with van der Waals surface area (Å²) in [5, 5.41) is 0. The van der Waals surface area contributed by atoms with Crippen molar-refractivity contribution in [2.45, 2.75) is 71.1 Å². The van der Waals surface area contributed by atoms with E-state index in [0.29, 0.717) is 11.3 Å². The van der Waals surface area contributed by atoms with Crippen LogP contribution in [0.25, 0.3) is 0 Å². The van der Waals surface area contributed by atoms with E-state index in [4.69, 9.17) is 14.2 Å². The van der Waals surface area contributed by atoms with Crippen LogP contribution in [0, 0.1) is 0 Å². The highest BCUT2D eigenvalue weighted by atomic mass is 16.6. The Balaban J connectivity index is 1.76. The molecule has 0 radical (unpaired) electrons. The maximum absolute atomic E-state index is 12.9. The molecule has 2 aromatic carbocycles. The van der Waals surface area contributed by atoms with Gasteiger partial charge in [-0.1, -0.05) is 12.1 Å². The highest BCUT2D eigenvalue weighted by Gasteiger charge is 2.24. The molecule has 3 aromatic rings. The van der Waals surface area contributed by atoms with Crippen LogP contribution in [0.2, 0.25) is 0 Å². The van der Waals surface area contributed by atoms with Gasteiger partial charge in [0.15, 0.2) is 11.5 Å². The largest absolute Gasteiger partial charge is 0.493 e. The summed E-state index contributed by atoms with van der Waals surface area (Å²) in [6, 6.07) is 17.5. The van der Waals surface area contributed by atoms with E-state index in [-0.39, 0.29) is 18.1 Å². The lowest BCUT2D eigenvalue weighted by Crippen LogP contribution is -2.25. The number of hydrogen-bond donors (Lipinski definition) is 0. The molecule has 1 heterocycles. The Kier molecular flexibility index (Phi) is 7.82. The monoisotopic (exact) mass is 488 g/mol. The highest BCUT2D eigenvalue weighted by molar-refractivity contribution is 5.91. The quantitative estimate of drug-likeness (QED) is 0.311. The molecule has 1 aliphatic carbocycles. The summed E-state index contributed by atoms with van der Waals surface area (Å²) >= 11 is 0. The van der Waals surface area contributed by atoms with Crippen LogP contribution in [0.1, 0.15) is 75.3 Å². The lowest BCUT2D eigenvalue weighted by Gasteiger charge is -2.32. The number of methoxy groups -OCH3 is 1. The normalized spacial score (nSPS) is 14.8. The zero-order valence-corrected chi connectivity index (χ0v) is 21.9. The van der Waals surface area contributed by atoms with Gasteiger partial charge in [0.05, 0.1) is 24.8 Å². The number of aromatic nitrogens is 1. The van der Waals surface area contributed by atoms with Gasteiger partial charge in [0, 0.05) is 29.8 Å². The fourth-order valence-electron chi connectivity index (χ4n) is 4.58. The molecule has 0 aliphatic heterocycles. The number of anilines is 2. The van der Waals surface area contributed by atoms with Crippen molar-refractivity contribution in [2.24, 2.45) is 0 Å². The minimum atomic E-state index is -0.571. The molecule has 0 N–H and O–H groups in total. The summed E-state index contributed by atoms with van der Waals surface area (Å²) in [4.78, 5) is 19.4. The number of rotatable bonds is 8. The predicted molar refractivity (Wildman–Crippen MR) is 142 cm³/mol. The fraction of sp³-hybridized carbons (Fsp3) is 0.400. The molecule has 36 heavy (non-hydrogen) atoms. The molecule has 1 saturated carbocycles. The number of pyridine rings is 1. The molecule has 4 rings (SSSR count). The second-order valence-electron chi connectivity index (χ2n) is 10.2. The van der Waals surface area contributed by atoms with Crippen LogP contribution in [0.4, 0.5) is 11.4 Å². The van der Waals surface area contributed by atoms with E-state index in [1.807, 2.05) is 69.4 Å². The van der Waals surface area contributed by atoms with Gasteiger partial charge in [0.2, 0.25) is 0 Å². The topological polar surface area (TPSA) is 60.9 Å². The lowest BCUT2D eigenvalue weighted by molar-refractivity contribution is 0.00695. The highest BCUT2D eigenvalue weighted by Crippen LogP contribution is 2.41. The summed E-state index contributed by atoms with van der Waals surface area (Å²) in [6.45, 7) is 7.73. The van der Waals surface area contributed by atoms with E-state index in [2.05, 4.69) is 22.9 Å². The first kappa shape index (κ1) is 25.5. The van der Waals surface area contributed by atoms with E-state index in [9.17, 15) is 4.79 Å². The summed E-state index contributed by atoms with van der Waals surface area (Å²) in [6.07, 6.45) is 8.33. The zero-order valence-electron chi connectivity index (χ0n) is 21.9. The van der Waals surface area contributed by atoms with Crippen molar-refractivity contribution in [3.8, 4) is 11.5 Å². The van der Waals surface area contributed by atoms with E-state index in [1.165, 1.54) is 12.8 Å². The van der Waals surface area contributed by atoms with E-state index in [0.717, 1.165) is 35.5 Å². The number of carbonyl (C=O) groups is 1. The van der Waals surface area contributed by atoms with Gasteiger partial charge in [-0.25, -0.2) is 4.79 Å². The summed E-state index contributed by atoms with van der Waals surface area (Å²) in [7, 11) is 1.66. The Morgan fingerprint density at radius 1 is 1.00 bits per heavy atom. The van der Waals surface area contributed by atoms with Crippen molar-refractivity contribution in [3.05, 3.63) is 78.1 Å². The fourth-order valence-corrected chi connectivity index (χ4v) is 4.58. The Bertz CT molecular complexity index is 1170. The third-order valence-corrected chi connectivity index (χ3v) is 6.33. The van der Waals surface area contributed by atoms with Crippen molar-refractivity contribution < 1.29 is 19.0 Å². The summed E-state index contributed by atoms with van der Waals surface area (Å²) in [5.74, 6) is 1.09. The first-order valence-electron chi connectivity index (χ1n) is 12.6. The standard InChI is InChI=1S/C30H36N2O4/c1-21(23-11-9-17-31-20-23)32(24-12-8-10-22(18-24)29(33)36-30(2,3)4)25-15-16-27(34-5)28(19-25)35-26-13-6-7-14-26/h8-12,15-21,26H,6-7,13-14H2,1-5H3. The number of hydrogen-bond acceptors (Lipinski definition) is 6. The second-order valence-corrected chi connectivity index (χ2v) is 10.2. The number of esters is 1. The van der Waals surface area contributed by atoms with Crippen LogP contribution in [0.5, 0.6) is 11.5 Å². The van der Waals surface area contributed by atoms with Crippen molar-refractivity contribution in [2.75, 3.05) is 12.0 Å². The molecule has 1 fully saturated rings. The Morgan fingerprint density at radius 2 is 1.75 bits per heavy atom. The van der Waals surface area contributed by atoms with Crippen LogP contribution in [-0.4, -0.2) is 29.8 Å². The van der Waals surface area contributed by atoms with Gasteiger partial charge in [-0.15, -0.1) is 0 Å². The molecule has 1 aliphatic rings. The van der Waals surface area contributed by atoms with Crippen LogP contribution < -0.4 is 14.4 Å². The molecule has 0 amide bonds. The minimum absolute atomic E-state index is 0.0692. The van der Waals surface area contributed by atoms with Crippen LogP contribution in [0.3, 0.4) is 0 Å². The van der Waals surface area contributed by atoms with Crippen molar-refractivity contribution >= 4 is 17.3 Å². The summed E-state index contributed by atoms with van der Waals surface area (Å²) in [5.41, 5.74) is 2.78. The number of nitrogens with zero attached hydrogens (tertiary/aromatic N) is 2. The van der Waals surface area contributed by atoms with Crippen LogP contribution in [0.15, 0.2) is 67.0 Å². The molecular formula is C30H36N2O4. The molecule has 1 unspecified atom stereocenters. The van der Waals surface area contributed by atoms with Crippen LogP contribution in [-0.2, 0) is 4.74 Å². The van der Waals surface area contributed by atoms with Gasteiger partial charge < -0.3 is 19.1 Å². The van der Waals surface area contributed by atoms with Gasteiger partial charge in [-0.3, -0.25) is 4.98 Å². The third-order valence-electron chi connectivity index (χ3n) is 6.33. The zero-order chi connectivity index (χ0) is 25.7. The molecule has 0 spiro atoms. The van der Waals surface area contributed by atoms with Crippen molar-refractivity contribution in [1.29, 1.82) is 0 Å². The molecule has 6 nitrogen and oxygen atoms in total. The average molecular weight is 489 g/mol. The van der Waals surface area contributed by atoms with Gasteiger partial charge >= 0.3 is 5.97 Å². The van der Waals surface area contributed by atoms with Gasteiger partial charge in [0.1, 0.15) is 5.60 Å². The minimum Gasteiger partial charge on any atom is -0.493 e. The maximum Gasteiger partial charge on any atom is 0.338 e. The van der Waals surface area contributed by atoms with Crippen molar-refractivity contribution in [1.82, 2.24) is 4.98 Å². The average Bonchev–Trinajstić information content (AvgIpc) is 3.37. The summed E-state index contributed by atoms with van der Waals surface area (Å²) < 4.78 is 17.6. The first-order chi connectivity index (χ1) is 17.2. The molecule has 0 bridgehead atoms. The van der Waals surface area contributed by atoms with Gasteiger partial charge in [-0.05, 0) is 95.3 Å². The predicted octanol–water partition coefficient (Wildman–Crippen LogP) is 7.27. The van der Waals surface area contributed by atoms with Crippen molar-refractivity contribution in [3.63, 3.8) is 0 Å².